The second-order valence-electron chi connectivity index (χ2n) is 4.37. The predicted molar refractivity (Wildman–Crippen MR) is 79.1 cm³/mol. The van der Waals surface area contributed by atoms with Crippen LogP contribution in [0.15, 0.2) is 47.4 Å². The molecule has 0 atom stereocenters. The molecule has 0 aliphatic carbocycles. The Morgan fingerprint density at radius 3 is 2.52 bits per heavy atom. The van der Waals surface area contributed by atoms with Crippen molar-refractivity contribution >= 4 is 21.4 Å². The molecule has 0 radical (unpaired) electrons. The highest BCUT2D eigenvalue weighted by Crippen LogP contribution is 2.28. The van der Waals surface area contributed by atoms with Crippen LogP contribution in [0.1, 0.15) is 6.92 Å². The normalized spacial score (nSPS) is 11.3. The lowest BCUT2D eigenvalue weighted by molar-refractivity contribution is 0.477. The summed E-state index contributed by atoms with van der Waals surface area (Å²) in [6.07, 6.45) is 0. The summed E-state index contributed by atoms with van der Waals surface area (Å²) in [6.45, 7) is 1.78. The Bertz CT molecular complexity index is 763. The van der Waals surface area contributed by atoms with Crippen LogP contribution in [0.3, 0.4) is 0 Å². The van der Waals surface area contributed by atoms with Crippen molar-refractivity contribution in [3.8, 4) is 5.75 Å². The molecule has 0 heterocycles. The number of aromatic hydroxyl groups is 1. The Morgan fingerprint density at radius 1 is 1.24 bits per heavy atom. The van der Waals surface area contributed by atoms with Gasteiger partial charge in [0.15, 0.2) is 0 Å². The topological polar surface area (TPSA) is 83.6 Å². The zero-order chi connectivity index (χ0) is 15.6. The second kappa shape index (κ2) is 5.61. The van der Waals surface area contributed by atoms with Crippen LogP contribution in [-0.4, -0.2) is 20.1 Å². The van der Waals surface area contributed by atoms with Gasteiger partial charge in [-0.15, -0.1) is 0 Å². The predicted octanol–water partition coefficient (Wildman–Crippen LogP) is 2.33. The summed E-state index contributed by atoms with van der Waals surface area (Å²) in [7, 11) is -3.88. The zero-order valence-electron chi connectivity index (χ0n) is 11.3. The quantitative estimate of drug-likeness (QED) is 0.670. The van der Waals surface area contributed by atoms with Crippen LogP contribution < -0.4 is 10.0 Å². The number of nitrogens with zero attached hydrogens (tertiary/aromatic N) is 1. The van der Waals surface area contributed by atoms with Crippen LogP contribution >= 0.6 is 0 Å². The number of hydrogen-bond acceptors (Lipinski definition) is 4. The lowest BCUT2D eigenvalue weighted by Crippen LogP contribution is -2.30. The first-order valence-corrected chi connectivity index (χ1v) is 7.67. The number of phenols is 1. The molecule has 0 spiro atoms. The van der Waals surface area contributed by atoms with Crippen molar-refractivity contribution in [2.24, 2.45) is 0 Å². The molecule has 2 rings (SSSR count). The minimum Gasteiger partial charge on any atom is -0.506 e. The summed E-state index contributed by atoms with van der Waals surface area (Å²) in [6, 6.07) is 8.96. The number of halogens is 1. The van der Waals surface area contributed by atoms with Crippen LogP contribution in [0.4, 0.5) is 15.8 Å². The van der Waals surface area contributed by atoms with E-state index in [-0.39, 0.29) is 28.6 Å². The maximum Gasteiger partial charge on any atom is 0.264 e. The van der Waals surface area contributed by atoms with E-state index in [0.29, 0.717) is 0 Å². The third-order valence-corrected chi connectivity index (χ3v) is 4.87. The van der Waals surface area contributed by atoms with Gasteiger partial charge in [0.2, 0.25) is 0 Å². The van der Waals surface area contributed by atoms with Crippen molar-refractivity contribution in [3.63, 3.8) is 0 Å². The number of nitrogens with two attached hydrogens (primary N) is 1. The molecule has 3 N–H and O–H groups in total. The third-order valence-electron chi connectivity index (χ3n) is 2.97. The van der Waals surface area contributed by atoms with E-state index in [9.17, 15) is 17.9 Å². The summed E-state index contributed by atoms with van der Waals surface area (Å²) >= 11 is 0. The average Bonchev–Trinajstić information content (AvgIpc) is 2.42. The van der Waals surface area contributed by atoms with Crippen molar-refractivity contribution in [2.75, 3.05) is 16.6 Å². The minimum absolute atomic E-state index is 0.0358. The van der Waals surface area contributed by atoms with Gasteiger partial charge in [0.25, 0.3) is 10.0 Å². The Morgan fingerprint density at radius 2 is 1.95 bits per heavy atom. The molecule has 0 aliphatic rings. The number of nitrogen functional groups attached to an aromatic ring is 1. The molecule has 7 heteroatoms. The Hall–Kier alpha value is -2.28. The molecular weight excluding hydrogens is 295 g/mol. The monoisotopic (exact) mass is 310 g/mol. The fraction of sp³-hybridized carbons (Fsp3) is 0.143. The maximum absolute atomic E-state index is 13.3. The molecule has 2 aromatic carbocycles. The molecule has 0 saturated heterocycles. The first-order chi connectivity index (χ1) is 9.86. The molecule has 0 unspecified atom stereocenters. The van der Waals surface area contributed by atoms with E-state index in [2.05, 4.69) is 0 Å². The number of hydrogen-bond donors (Lipinski definition) is 2. The fourth-order valence-electron chi connectivity index (χ4n) is 1.94. The van der Waals surface area contributed by atoms with Gasteiger partial charge in [0, 0.05) is 6.54 Å². The molecule has 5 nitrogen and oxygen atoms in total. The lowest BCUT2D eigenvalue weighted by Gasteiger charge is -2.23. The fourth-order valence-corrected chi connectivity index (χ4v) is 3.44. The molecule has 21 heavy (non-hydrogen) atoms. The number of anilines is 2. The molecule has 0 amide bonds. The summed E-state index contributed by atoms with van der Waals surface area (Å²) in [4.78, 5) is -0.0658. The van der Waals surface area contributed by atoms with Gasteiger partial charge >= 0.3 is 0 Å². The van der Waals surface area contributed by atoms with Gasteiger partial charge in [-0.3, -0.25) is 4.31 Å². The van der Waals surface area contributed by atoms with Crippen LogP contribution in [0.5, 0.6) is 5.75 Å². The molecule has 0 saturated carbocycles. The SMILES string of the molecule is CCN(c1cccc(F)c1)S(=O)(=O)c1ccc(O)c(N)c1. The Kier molecular flexibility index (Phi) is 4.04. The van der Waals surface area contributed by atoms with Crippen LogP contribution in [0, 0.1) is 5.82 Å². The van der Waals surface area contributed by atoms with Gasteiger partial charge in [-0.2, -0.15) is 0 Å². The average molecular weight is 310 g/mol. The number of rotatable bonds is 4. The number of benzene rings is 2. The minimum atomic E-state index is -3.88. The third kappa shape index (κ3) is 2.92. The Labute approximate surface area is 122 Å². The van der Waals surface area contributed by atoms with Crippen LogP contribution in [-0.2, 0) is 10.0 Å². The van der Waals surface area contributed by atoms with Crippen molar-refractivity contribution in [1.82, 2.24) is 0 Å². The van der Waals surface area contributed by atoms with E-state index in [1.165, 1.54) is 36.4 Å². The smallest absolute Gasteiger partial charge is 0.264 e. The zero-order valence-corrected chi connectivity index (χ0v) is 12.1. The van der Waals surface area contributed by atoms with Gasteiger partial charge in [-0.25, -0.2) is 12.8 Å². The van der Waals surface area contributed by atoms with E-state index < -0.39 is 15.8 Å². The van der Waals surface area contributed by atoms with E-state index in [1.807, 2.05) is 0 Å². The highest BCUT2D eigenvalue weighted by atomic mass is 32.2. The van der Waals surface area contributed by atoms with Gasteiger partial charge in [0.1, 0.15) is 11.6 Å². The highest BCUT2D eigenvalue weighted by Gasteiger charge is 2.24. The van der Waals surface area contributed by atoms with Crippen LogP contribution in [0.2, 0.25) is 0 Å². The summed E-state index contributed by atoms with van der Waals surface area (Å²) in [5.74, 6) is -0.714. The lowest BCUT2D eigenvalue weighted by atomic mass is 10.3. The van der Waals surface area contributed by atoms with Crippen molar-refractivity contribution in [2.45, 2.75) is 11.8 Å². The molecule has 2 aromatic rings. The molecule has 0 aromatic heterocycles. The Balaban J connectivity index is 2.51. The molecule has 0 bridgehead atoms. The molecule has 0 aliphatic heterocycles. The van der Waals surface area contributed by atoms with E-state index in [4.69, 9.17) is 5.73 Å². The second-order valence-corrected chi connectivity index (χ2v) is 6.23. The maximum atomic E-state index is 13.3. The van der Waals surface area contributed by atoms with Gasteiger partial charge in [-0.05, 0) is 43.3 Å². The van der Waals surface area contributed by atoms with E-state index >= 15 is 0 Å². The van der Waals surface area contributed by atoms with Gasteiger partial charge in [-0.1, -0.05) is 6.07 Å². The number of sulfonamides is 1. The van der Waals surface area contributed by atoms with E-state index in [0.717, 1.165) is 10.4 Å². The van der Waals surface area contributed by atoms with Crippen molar-refractivity contribution < 1.29 is 17.9 Å². The molecular formula is C14H15FN2O3S. The molecule has 112 valence electrons. The van der Waals surface area contributed by atoms with Crippen molar-refractivity contribution in [3.05, 3.63) is 48.3 Å². The summed E-state index contributed by atoms with van der Waals surface area (Å²) in [5, 5.41) is 9.38. The number of phenolic OH excluding ortho intramolecular Hbond substituents is 1. The highest BCUT2D eigenvalue weighted by molar-refractivity contribution is 7.92. The van der Waals surface area contributed by atoms with Gasteiger partial charge in [0.05, 0.1) is 16.3 Å². The summed E-state index contributed by atoms with van der Waals surface area (Å²) in [5.41, 5.74) is 5.72. The van der Waals surface area contributed by atoms with E-state index in [1.54, 1.807) is 6.92 Å². The van der Waals surface area contributed by atoms with Crippen molar-refractivity contribution in [1.29, 1.82) is 0 Å². The molecule has 0 fully saturated rings. The van der Waals surface area contributed by atoms with Crippen LogP contribution in [0.25, 0.3) is 0 Å². The standard InChI is InChI=1S/C14H15FN2O3S/c1-2-17(11-5-3-4-10(15)8-11)21(19,20)12-6-7-14(18)13(16)9-12/h3-9,18H,2,16H2,1H3. The van der Waals surface area contributed by atoms with Gasteiger partial charge < -0.3 is 10.8 Å². The largest absolute Gasteiger partial charge is 0.506 e. The summed E-state index contributed by atoms with van der Waals surface area (Å²) < 4.78 is 39.6. The first kappa shape index (κ1) is 15.1. The first-order valence-electron chi connectivity index (χ1n) is 6.23.